The first-order valence-electron chi connectivity index (χ1n) is 47.8. The predicted molar refractivity (Wildman–Crippen MR) is 484 cm³/mol. The molecule has 35 heteroatoms. The number of benzene rings is 1. The number of carbonyl (C=O) groups is 10. The van der Waals surface area contributed by atoms with Crippen molar-refractivity contribution in [3.05, 3.63) is 65.1 Å². The summed E-state index contributed by atoms with van der Waals surface area (Å²) in [6.07, 6.45) is 16.9. The van der Waals surface area contributed by atoms with Gasteiger partial charge in [0, 0.05) is 89.9 Å². The number of alkyl carbamates (subject to hydrolysis) is 1. The first kappa shape index (κ1) is 102. The van der Waals surface area contributed by atoms with E-state index >= 15 is 0 Å². The standard InChI is InChI=1S/C58H84N6O14S.C38H61N3O11/c1-5-77-50(69)18-15-36(2)61-52(37-11-7-6-8-12-37)54(71)64-44-35-79-45(53(44)63-55(64)72)13-9-10-14-47(66)59-23-25-74-27-28-75-26-24-60-48(67)33-76-34-49(68)62-40-19-21-56(3)39(30-40)16-17-42-43(56)31-46(65)57(4)41(20-22-58(42,57)73)38-29-51(70)78-32-38;1-35(2,3)52-34(46)40-13-15-49-17-16-48-14-12-39-31(43)22-50-23-32(44)41-26-8-10-36(4)25(19-26)6-7-28-29(36)20-30(42)37(5)27(9-11-38(28,37)47)24-18-33(45)51-21-24/h6-8,11-12,29,39-46,53,65,71,73H,5,9-10,13-28,30-35H2,1-4H3,(H,59,66)(H,60,67)(H,62,68)(H,63,72);18,25-30,42,47H,6-17,19-23H2,1-5H3,(H,39,43)(H,40,46)(H,41,44)/b54-52-,61-36?;. The lowest BCUT2D eigenvalue weighted by Gasteiger charge is -2.65. The minimum Gasteiger partial charge on any atom is -0.493 e. The molecule has 8 amide bonds. The molecule has 0 radical (unpaired) electrons. The highest BCUT2D eigenvalue weighted by Gasteiger charge is 2.73. The van der Waals surface area contributed by atoms with E-state index in [2.05, 4.69) is 51.1 Å². The highest BCUT2D eigenvalue weighted by molar-refractivity contribution is 8.00. The summed E-state index contributed by atoms with van der Waals surface area (Å²) in [5.41, 5.74) is -0.903. The molecule has 4 aliphatic heterocycles. The van der Waals surface area contributed by atoms with E-state index in [0.29, 0.717) is 146 Å². The number of fused-ring (bicyclic) bond motifs is 11. The molecule has 131 heavy (non-hydrogen) atoms. The van der Waals surface area contributed by atoms with Crippen LogP contribution in [0.25, 0.3) is 5.70 Å². The van der Waals surface area contributed by atoms with Crippen molar-refractivity contribution in [2.45, 2.75) is 262 Å². The minimum atomic E-state index is -1.03. The molecular formula is C96H145N9O25S. The van der Waals surface area contributed by atoms with Crippen LogP contribution in [0.3, 0.4) is 0 Å². The maximum Gasteiger partial charge on any atom is 0.407 e. The van der Waals surface area contributed by atoms with Crippen molar-refractivity contribution in [2.75, 3.05) is 131 Å². The number of nitrogens with zero attached hydrogens (tertiary/aromatic N) is 2. The van der Waals surface area contributed by atoms with Crippen LogP contribution < -0.4 is 37.2 Å². The fourth-order valence-electron chi connectivity index (χ4n) is 24.5. The molecule has 13 rings (SSSR count). The Morgan fingerprint density at radius 2 is 1.04 bits per heavy atom. The van der Waals surface area contributed by atoms with Gasteiger partial charge in [-0.1, -0.05) is 64.4 Å². The van der Waals surface area contributed by atoms with Crippen molar-refractivity contribution in [2.24, 2.45) is 74.0 Å². The zero-order valence-corrected chi connectivity index (χ0v) is 78.9. The Labute approximate surface area is 773 Å². The summed E-state index contributed by atoms with van der Waals surface area (Å²) in [7, 11) is 0. The van der Waals surface area contributed by atoms with Gasteiger partial charge in [-0.3, -0.25) is 38.7 Å². The zero-order chi connectivity index (χ0) is 94.1. The fourth-order valence-corrected chi connectivity index (χ4v) is 26.1. The monoisotopic (exact) mass is 1860 g/mol. The number of aliphatic hydroxyl groups is 5. The summed E-state index contributed by atoms with van der Waals surface area (Å²) in [4.78, 5) is 130. The number of thioether (sulfide) groups is 1. The Morgan fingerprint density at radius 3 is 1.50 bits per heavy atom. The molecule has 4 heterocycles. The number of nitrogens with one attached hydrogen (secondary N) is 7. The smallest absolute Gasteiger partial charge is 0.407 e. The summed E-state index contributed by atoms with van der Waals surface area (Å²) in [6, 6.07) is 8.30. The molecule has 0 spiro atoms. The van der Waals surface area contributed by atoms with Gasteiger partial charge in [-0.25, -0.2) is 19.2 Å². The number of esters is 3. The predicted octanol–water partition coefficient (Wildman–Crippen LogP) is 7.50. The molecule has 10 fully saturated rings. The SMILES string of the molecule is CC(C)(C)OC(=O)NCCOCCOCCNC(=O)COCC(=O)NC1CCC2(C)C(CCC3C2CC(O)C2(C)C(C4=CC(=O)OC4)CCC32O)C1.CCOC(=O)CCC(C)=N/C(=C(\O)N1C(=O)NC2C(CCCCC(=O)NCCOCCOCCNC(=O)COCC(=O)NC3CCC4(C)C(CCC5C4CC(O)C4(C)C(C6=CC(=O)OC6)CCC54O)C3)SCC21)c1ccccc1. The number of amides is 8. The number of rotatable bonds is 42. The van der Waals surface area contributed by atoms with Gasteiger partial charge in [0.25, 0.3) is 0 Å². The summed E-state index contributed by atoms with van der Waals surface area (Å²) in [5, 5.41) is 80.5. The number of aliphatic hydroxyl groups excluding tert-OH is 3. The van der Waals surface area contributed by atoms with Crippen molar-refractivity contribution in [3.8, 4) is 0 Å². The van der Waals surface area contributed by atoms with E-state index in [9.17, 15) is 73.5 Å². The fraction of sp³-hybridized carbons (Fsp3) is 0.760. The minimum absolute atomic E-state index is 0.00601. The lowest BCUT2D eigenvalue weighted by molar-refractivity contribution is -0.243. The van der Waals surface area contributed by atoms with Crippen molar-refractivity contribution < 1.29 is 121 Å². The van der Waals surface area contributed by atoms with Gasteiger partial charge in [-0.05, 0) is 226 Å². The third-order valence-electron chi connectivity index (χ3n) is 31.2. The second kappa shape index (κ2) is 45.7. The van der Waals surface area contributed by atoms with E-state index in [1.807, 2.05) is 44.2 Å². The number of aliphatic imine (C=N–C) groups is 1. The maximum atomic E-state index is 13.3. The third-order valence-corrected chi connectivity index (χ3v) is 32.7. The number of carbonyl (C=O) groups excluding carboxylic acids is 10. The maximum absolute atomic E-state index is 13.3. The molecule has 730 valence electrons. The van der Waals surface area contributed by atoms with Crippen LogP contribution in [0.15, 0.2) is 64.5 Å². The van der Waals surface area contributed by atoms with Gasteiger partial charge in [0.05, 0.1) is 101 Å². The Balaban J connectivity index is 0.000000258. The van der Waals surface area contributed by atoms with Crippen LogP contribution in [0.4, 0.5) is 9.59 Å². The van der Waals surface area contributed by atoms with Crippen molar-refractivity contribution in [1.29, 1.82) is 0 Å². The lowest BCUT2D eigenvalue weighted by atomic mass is 9.42. The van der Waals surface area contributed by atoms with Gasteiger partial charge in [-0.15, -0.1) is 0 Å². The molecule has 12 N–H and O–H groups in total. The van der Waals surface area contributed by atoms with E-state index in [1.165, 1.54) is 4.90 Å². The highest BCUT2D eigenvalue weighted by Crippen LogP contribution is 2.72. The number of unbranched alkanes of at least 4 members (excludes halogenated alkanes) is 1. The highest BCUT2D eigenvalue weighted by atomic mass is 32.2. The first-order valence-corrected chi connectivity index (χ1v) is 48.8. The molecule has 21 atom stereocenters. The summed E-state index contributed by atoms with van der Waals surface area (Å²) in [6.45, 7) is 21.2. The molecule has 2 saturated heterocycles. The van der Waals surface area contributed by atoms with Gasteiger partial charge < -0.3 is 110 Å². The average Bonchev–Trinajstić information content (AvgIpc) is 1.53. The molecule has 8 aliphatic carbocycles. The topological polar surface area (TPSA) is 464 Å². The molecule has 0 aromatic heterocycles. The first-order chi connectivity index (χ1) is 62.5. The van der Waals surface area contributed by atoms with Crippen molar-refractivity contribution in [3.63, 3.8) is 0 Å². The number of urea groups is 1. The second-order valence-corrected chi connectivity index (χ2v) is 41.2. The molecular weight excluding hydrogens is 1710 g/mol. The Bertz CT molecular complexity index is 4280. The lowest BCUT2D eigenvalue weighted by Crippen LogP contribution is -2.67. The number of cyclic esters (lactones) is 2. The van der Waals surface area contributed by atoms with Crippen LogP contribution in [-0.2, 0) is 85.7 Å². The summed E-state index contributed by atoms with van der Waals surface area (Å²) in [5.74, 6) is -0.941. The van der Waals surface area contributed by atoms with E-state index in [-0.39, 0.29) is 200 Å². The van der Waals surface area contributed by atoms with E-state index in [0.717, 1.165) is 101 Å². The van der Waals surface area contributed by atoms with Crippen molar-refractivity contribution in [1.82, 2.24) is 42.1 Å². The second-order valence-electron chi connectivity index (χ2n) is 40.0. The molecule has 34 nitrogen and oxygen atoms in total. The van der Waals surface area contributed by atoms with Gasteiger partial charge >= 0.3 is 30.0 Å². The summed E-state index contributed by atoms with van der Waals surface area (Å²) >= 11 is 1.74. The van der Waals surface area contributed by atoms with Crippen LogP contribution in [0.2, 0.25) is 0 Å². The normalized spacial score (nSPS) is 33.4. The van der Waals surface area contributed by atoms with Crippen LogP contribution >= 0.6 is 11.8 Å². The molecule has 1 aromatic carbocycles. The summed E-state index contributed by atoms with van der Waals surface area (Å²) < 4.78 is 53.5. The number of hydrogen-bond acceptors (Lipinski definition) is 27. The van der Waals surface area contributed by atoms with Crippen LogP contribution in [-0.4, -0.2) is 285 Å². The van der Waals surface area contributed by atoms with Gasteiger partial charge in [0.15, 0.2) is 0 Å². The van der Waals surface area contributed by atoms with E-state index < -0.39 is 45.9 Å². The van der Waals surface area contributed by atoms with E-state index in [1.54, 1.807) is 58.5 Å². The quantitative estimate of drug-likeness (QED) is 0.00752. The van der Waals surface area contributed by atoms with Crippen LogP contribution in [0, 0.1) is 69.0 Å². The third kappa shape index (κ3) is 24.3. The molecule has 8 saturated carbocycles. The average molecular weight is 1860 g/mol. The Kier molecular flexibility index (Phi) is 35.6. The Hall–Kier alpha value is -7.84. The van der Waals surface area contributed by atoms with Crippen molar-refractivity contribution >= 4 is 82.7 Å². The molecule has 1 aromatic rings. The van der Waals surface area contributed by atoms with Crippen LogP contribution in [0.5, 0.6) is 0 Å². The van der Waals surface area contributed by atoms with Gasteiger partial charge in [-0.2, -0.15) is 11.8 Å². The van der Waals surface area contributed by atoms with E-state index in [4.69, 9.17) is 52.4 Å². The van der Waals surface area contributed by atoms with Crippen LogP contribution in [0.1, 0.15) is 209 Å². The largest absolute Gasteiger partial charge is 0.493 e. The molecule has 12 aliphatic rings. The molecule has 21 unspecified atom stereocenters. The Morgan fingerprint density at radius 1 is 0.565 bits per heavy atom. The molecule has 0 bridgehead atoms. The van der Waals surface area contributed by atoms with Gasteiger partial charge in [0.2, 0.25) is 35.4 Å². The number of ether oxygens (including phenoxy) is 10. The zero-order valence-electron chi connectivity index (χ0n) is 78.1. The number of hydrogen-bond donors (Lipinski definition) is 12. The van der Waals surface area contributed by atoms with Gasteiger partial charge in [0.1, 0.15) is 50.9 Å².